The van der Waals surface area contributed by atoms with Gasteiger partial charge in [-0.1, -0.05) is 151 Å². The van der Waals surface area contributed by atoms with E-state index in [0.29, 0.717) is 0 Å². The third-order valence-corrected chi connectivity index (χ3v) is 15.2. The molecule has 280 valence electrons. The SMILES string of the molecule is c1ccc(N(c2ccc3c(c2)C2(c4ccccc4S3)c3ccccc3-c3ccccc32)c2cc(-c3ccc4cc5ccccc5cc4c3)c3sc4ccccc4c3c2)cc1. The normalized spacial score (nSPS) is 13.4. The van der Waals surface area contributed by atoms with Crippen LogP contribution in [0.2, 0.25) is 0 Å². The van der Waals surface area contributed by atoms with Crippen LogP contribution in [0.1, 0.15) is 22.3 Å². The largest absolute Gasteiger partial charge is 0.310 e. The molecule has 0 bridgehead atoms. The molecule has 2 heterocycles. The van der Waals surface area contributed by atoms with Crippen molar-refractivity contribution in [2.45, 2.75) is 15.2 Å². The van der Waals surface area contributed by atoms with E-state index < -0.39 is 5.41 Å². The minimum absolute atomic E-state index is 0.462. The monoisotopic (exact) mass is 797 g/mol. The first-order chi connectivity index (χ1) is 29.7. The summed E-state index contributed by atoms with van der Waals surface area (Å²) in [6.07, 6.45) is 0. The maximum absolute atomic E-state index is 2.50. The summed E-state index contributed by atoms with van der Waals surface area (Å²) < 4.78 is 2.61. The molecule has 0 amide bonds. The number of anilines is 3. The topological polar surface area (TPSA) is 3.24 Å². The first-order valence-electron chi connectivity index (χ1n) is 20.6. The fourth-order valence-corrected chi connectivity index (χ4v) is 12.7. The van der Waals surface area contributed by atoms with E-state index in [2.05, 4.69) is 217 Å². The predicted octanol–water partition coefficient (Wildman–Crippen LogP) is 16.3. The van der Waals surface area contributed by atoms with E-state index in [1.165, 1.54) is 96.0 Å². The molecule has 60 heavy (non-hydrogen) atoms. The predicted molar refractivity (Wildman–Crippen MR) is 256 cm³/mol. The number of rotatable bonds is 4. The lowest BCUT2D eigenvalue weighted by Crippen LogP contribution is -2.32. The van der Waals surface area contributed by atoms with Crippen LogP contribution in [0.25, 0.3) is 64.0 Å². The van der Waals surface area contributed by atoms with Crippen LogP contribution in [0.3, 0.4) is 0 Å². The standard InChI is InChI=1S/C57H35NS2/c1-2-16-41(17-3-1)58(42-28-29-55-52(35-42)57(51-23-11-13-25-54(51)59-55)49-21-9-6-18-44(49)45-19-7-10-22-50(45)57)43-33-47(56-48(34-43)46-20-8-12-24-53(46)60-56)39-27-26-38-30-36-14-4-5-15-37(36)31-40(38)32-39/h1-35H. The van der Waals surface area contributed by atoms with Crippen LogP contribution < -0.4 is 4.90 Å². The van der Waals surface area contributed by atoms with Gasteiger partial charge in [0.15, 0.2) is 0 Å². The van der Waals surface area contributed by atoms with Gasteiger partial charge in [0.1, 0.15) is 0 Å². The molecular formula is C57H35NS2. The molecule has 3 heteroatoms. The Labute approximate surface area is 356 Å². The first-order valence-corrected chi connectivity index (χ1v) is 22.2. The summed E-state index contributed by atoms with van der Waals surface area (Å²) in [6, 6.07) is 79.4. The smallest absolute Gasteiger partial charge is 0.0736 e. The average Bonchev–Trinajstić information content (AvgIpc) is 3.83. The third-order valence-electron chi connectivity index (χ3n) is 12.8. The molecule has 0 saturated carbocycles. The summed E-state index contributed by atoms with van der Waals surface area (Å²) in [4.78, 5) is 5.09. The Bertz CT molecular complexity index is 3500. The Morgan fingerprint density at radius 1 is 0.350 bits per heavy atom. The van der Waals surface area contributed by atoms with Crippen molar-refractivity contribution in [3.05, 3.63) is 235 Å². The molecule has 1 aliphatic heterocycles. The molecule has 0 N–H and O–H groups in total. The van der Waals surface area contributed by atoms with Crippen molar-refractivity contribution in [3.63, 3.8) is 0 Å². The molecule has 1 aromatic heterocycles. The van der Waals surface area contributed by atoms with Crippen LogP contribution in [-0.4, -0.2) is 0 Å². The van der Waals surface area contributed by atoms with Gasteiger partial charge in [0.05, 0.1) is 5.41 Å². The molecule has 11 aromatic rings. The molecule has 1 nitrogen and oxygen atoms in total. The lowest BCUT2D eigenvalue weighted by Gasteiger charge is -2.40. The van der Waals surface area contributed by atoms with E-state index in [1.54, 1.807) is 0 Å². The Morgan fingerprint density at radius 2 is 0.983 bits per heavy atom. The Kier molecular flexibility index (Phi) is 7.39. The van der Waals surface area contributed by atoms with Crippen molar-refractivity contribution in [1.82, 2.24) is 0 Å². The van der Waals surface area contributed by atoms with Gasteiger partial charge in [-0.3, -0.25) is 0 Å². The minimum atomic E-state index is -0.462. The van der Waals surface area contributed by atoms with Gasteiger partial charge in [-0.2, -0.15) is 0 Å². The molecule has 2 aliphatic rings. The highest BCUT2D eigenvalue weighted by Crippen LogP contribution is 2.62. The van der Waals surface area contributed by atoms with Gasteiger partial charge in [0.25, 0.3) is 0 Å². The van der Waals surface area contributed by atoms with Crippen molar-refractivity contribution < 1.29 is 0 Å². The van der Waals surface area contributed by atoms with Crippen LogP contribution in [0.4, 0.5) is 17.1 Å². The summed E-state index contributed by atoms with van der Waals surface area (Å²) in [5.41, 5.74) is 13.4. The van der Waals surface area contributed by atoms with E-state index in [0.717, 1.165) is 17.1 Å². The molecule has 13 rings (SSSR count). The number of fused-ring (bicyclic) bond motifs is 14. The van der Waals surface area contributed by atoms with Gasteiger partial charge in [0, 0.05) is 52.6 Å². The molecule has 1 aliphatic carbocycles. The molecule has 0 atom stereocenters. The van der Waals surface area contributed by atoms with Gasteiger partial charge in [-0.15, -0.1) is 11.3 Å². The number of para-hydroxylation sites is 1. The second-order valence-corrected chi connectivity index (χ2v) is 18.2. The highest BCUT2D eigenvalue weighted by Gasteiger charge is 2.50. The summed E-state index contributed by atoms with van der Waals surface area (Å²) in [5, 5.41) is 7.60. The van der Waals surface area contributed by atoms with E-state index in [9.17, 15) is 0 Å². The molecule has 0 fully saturated rings. The zero-order valence-corrected chi connectivity index (χ0v) is 34.1. The van der Waals surface area contributed by atoms with E-state index >= 15 is 0 Å². The molecule has 1 spiro atoms. The average molecular weight is 798 g/mol. The van der Waals surface area contributed by atoms with E-state index in [4.69, 9.17) is 0 Å². The molecule has 10 aromatic carbocycles. The van der Waals surface area contributed by atoms with Crippen molar-refractivity contribution in [3.8, 4) is 22.3 Å². The zero-order chi connectivity index (χ0) is 39.4. The number of hydrogen-bond donors (Lipinski definition) is 0. The molecular weight excluding hydrogens is 763 g/mol. The van der Waals surface area contributed by atoms with Gasteiger partial charge >= 0.3 is 0 Å². The Balaban J connectivity index is 1.08. The number of benzene rings is 10. The van der Waals surface area contributed by atoms with Gasteiger partial charge in [0.2, 0.25) is 0 Å². The van der Waals surface area contributed by atoms with Crippen LogP contribution >= 0.6 is 23.1 Å². The lowest BCUT2D eigenvalue weighted by atomic mass is 9.67. The summed E-state index contributed by atoms with van der Waals surface area (Å²) in [5.74, 6) is 0. The van der Waals surface area contributed by atoms with Gasteiger partial charge in [-0.05, 0) is 133 Å². The Morgan fingerprint density at radius 3 is 1.78 bits per heavy atom. The lowest BCUT2D eigenvalue weighted by molar-refractivity contribution is 0.722. The highest BCUT2D eigenvalue weighted by atomic mass is 32.2. The fraction of sp³-hybridized carbons (Fsp3) is 0.0175. The molecule has 0 radical (unpaired) electrons. The second-order valence-electron chi connectivity index (χ2n) is 16.0. The maximum Gasteiger partial charge on any atom is 0.0736 e. The van der Waals surface area contributed by atoms with Gasteiger partial charge < -0.3 is 4.90 Å². The second kappa shape index (κ2) is 13.0. The maximum atomic E-state index is 2.50. The van der Waals surface area contributed by atoms with Crippen LogP contribution in [0.15, 0.2) is 222 Å². The van der Waals surface area contributed by atoms with Crippen molar-refractivity contribution in [2.24, 2.45) is 0 Å². The van der Waals surface area contributed by atoms with E-state index in [1.807, 2.05) is 23.1 Å². The highest BCUT2D eigenvalue weighted by molar-refractivity contribution is 7.99. The number of nitrogens with zero attached hydrogens (tertiary/aromatic N) is 1. The van der Waals surface area contributed by atoms with E-state index in [-0.39, 0.29) is 0 Å². The van der Waals surface area contributed by atoms with Crippen LogP contribution in [-0.2, 0) is 5.41 Å². The van der Waals surface area contributed by atoms with Crippen LogP contribution in [0, 0.1) is 0 Å². The third kappa shape index (κ3) is 4.88. The van der Waals surface area contributed by atoms with Crippen LogP contribution in [0.5, 0.6) is 0 Å². The quantitative estimate of drug-likeness (QED) is 0.163. The van der Waals surface area contributed by atoms with Crippen molar-refractivity contribution >= 4 is 81.9 Å². The summed E-state index contributed by atoms with van der Waals surface area (Å²) in [7, 11) is 0. The van der Waals surface area contributed by atoms with Crippen molar-refractivity contribution in [1.29, 1.82) is 0 Å². The molecule has 0 unspecified atom stereocenters. The zero-order valence-electron chi connectivity index (χ0n) is 32.5. The van der Waals surface area contributed by atoms with Gasteiger partial charge in [-0.25, -0.2) is 0 Å². The fourth-order valence-electron chi connectivity index (χ4n) is 10.3. The number of hydrogen-bond acceptors (Lipinski definition) is 3. The number of thiophene rings is 1. The summed E-state index contributed by atoms with van der Waals surface area (Å²) in [6.45, 7) is 0. The molecule has 0 saturated heterocycles. The summed E-state index contributed by atoms with van der Waals surface area (Å²) >= 11 is 3.79. The first kappa shape index (κ1) is 34.0. The van der Waals surface area contributed by atoms with Crippen molar-refractivity contribution in [2.75, 3.05) is 4.90 Å². The Hall–Kier alpha value is -6.91. The minimum Gasteiger partial charge on any atom is -0.310 e.